The molecule has 8 heteroatoms. The standard InChI is InChI=1S/C11H16N4O2S2/c1-17-14-9(8-7-19-11(12)13-8)10(16)15-3-2-5-18-6-4-15/h7H,2-6H2,1H3,(H2,12,13)/b14-9+. The van der Waals surface area contributed by atoms with Crippen molar-refractivity contribution < 1.29 is 9.63 Å². The van der Waals surface area contributed by atoms with Crippen LogP contribution in [0.15, 0.2) is 10.5 Å². The van der Waals surface area contributed by atoms with E-state index in [1.807, 2.05) is 11.8 Å². The van der Waals surface area contributed by atoms with E-state index in [0.29, 0.717) is 10.8 Å². The van der Waals surface area contributed by atoms with Gasteiger partial charge in [0.25, 0.3) is 5.91 Å². The Bertz CT molecular complexity index is 467. The molecule has 1 fully saturated rings. The Balaban J connectivity index is 2.19. The van der Waals surface area contributed by atoms with Crippen LogP contribution >= 0.6 is 23.1 Å². The highest BCUT2D eigenvalue weighted by molar-refractivity contribution is 7.99. The molecular formula is C11H16N4O2S2. The summed E-state index contributed by atoms with van der Waals surface area (Å²) in [6, 6.07) is 0. The first-order valence-electron chi connectivity index (χ1n) is 5.92. The summed E-state index contributed by atoms with van der Waals surface area (Å²) in [6.45, 7) is 1.47. The highest BCUT2D eigenvalue weighted by Crippen LogP contribution is 2.15. The maximum Gasteiger partial charge on any atom is 0.278 e. The molecule has 1 amide bonds. The molecule has 0 saturated carbocycles. The fourth-order valence-corrected chi connectivity index (χ4v) is 3.22. The van der Waals surface area contributed by atoms with Gasteiger partial charge in [0.2, 0.25) is 0 Å². The number of hydrogen-bond acceptors (Lipinski definition) is 7. The van der Waals surface area contributed by atoms with Crippen LogP contribution in [0.2, 0.25) is 0 Å². The van der Waals surface area contributed by atoms with Gasteiger partial charge < -0.3 is 15.5 Å². The Hall–Kier alpha value is -1.28. The predicted octanol–water partition coefficient (Wildman–Crippen LogP) is 1.04. The molecule has 0 aromatic carbocycles. The van der Waals surface area contributed by atoms with Crippen molar-refractivity contribution in [1.82, 2.24) is 9.88 Å². The summed E-state index contributed by atoms with van der Waals surface area (Å²) >= 11 is 3.15. The minimum absolute atomic E-state index is 0.144. The second kappa shape index (κ2) is 6.76. The number of carbonyl (C=O) groups excluding carboxylic acids is 1. The third-order valence-corrected chi connectivity index (χ3v) is 4.38. The van der Waals surface area contributed by atoms with E-state index in [9.17, 15) is 4.79 Å². The smallest absolute Gasteiger partial charge is 0.278 e. The van der Waals surface area contributed by atoms with E-state index in [0.717, 1.165) is 31.0 Å². The predicted molar refractivity (Wildman–Crippen MR) is 78.6 cm³/mol. The monoisotopic (exact) mass is 300 g/mol. The molecule has 1 aliphatic rings. The number of nitrogens with zero attached hydrogens (tertiary/aromatic N) is 3. The molecule has 19 heavy (non-hydrogen) atoms. The van der Waals surface area contributed by atoms with Gasteiger partial charge in [-0.05, 0) is 12.2 Å². The highest BCUT2D eigenvalue weighted by Gasteiger charge is 2.24. The third-order valence-electron chi connectivity index (χ3n) is 2.66. The summed E-state index contributed by atoms with van der Waals surface area (Å²) in [5.74, 6) is 1.89. The molecule has 6 nitrogen and oxygen atoms in total. The molecule has 2 heterocycles. The molecule has 1 aliphatic heterocycles. The molecule has 104 valence electrons. The Morgan fingerprint density at radius 3 is 3.05 bits per heavy atom. The van der Waals surface area contributed by atoms with Crippen molar-refractivity contribution in [2.75, 3.05) is 37.4 Å². The Labute approximate surface area is 120 Å². The summed E-state index contributed by atoms with van der Waals surface area (Å²) in [7, 11) is 1.42. The van der Waals surface area contributed by atoms with E-state index >= 15 is 0 Å². The largest absolute Gasteiger partial charge is 0.398 e. The van der Waals surface area contributed by atoms with Crippen LogP contribution in [0.1, 0.15) is 12.1 Å². The SMILES string of the molecule is CO/N=C(/C(=O)N1CCCSCC1)c1csc(N)n1. The molecule has 1 saturated heterocycles. The van der Waals surface area contributed by atoms with Crippen molar-refractivity contribution in [3.63, 3.8) is 0 Å². The molecule has 2 rings (SSSR count). The lowest BCUT2D eigenvalue weighted by Crippen LogP contribution is -2.38. The summed E-state index contributed by atoms with van der Waals surface area (Å²) in [5, 5.41) is 5.96. The number of carbonyl (C=O) groups is 1. The summed E-state index contributed by atoms with van der Waals surface area (Å²) in [4.78, 5) is 23.2. The van der Waals surface area contributed by atoms with Gasteiger partial charge in [-0.2, -0.15) is 11.8 Å². The highest BCUT2D eigenvalue weighted by atomic mass is 32.2. The fraction of sp³-hybridized carbons (Fsp3) is 0.545. The lowest BCUT2D eigenvalue weighted by Gasteiger charge is -2.19. The number of nitrogens with two attached hydrogens (primary N) is 1. The summed E-state index contributed by atoms with van der Waals surface area (Å²) < 4.78 is 0. The maximum atomic E-state index is 12.5. The number of nitrogen functional groups attached to an aromatic ring is 1. The first-order valence-corrected chi connectivity index (χ1v) is 7.95. The van der Waals surface area contributed by atoms with E-state index in [1.54, 1.807) is 10.3 Å². The number of thiazole rings is 1. The minimum atomic E-state index is -0.144. The van der Waals surface area contributed by atoms with Crippen LogP contribution in [0.4, 0.5) is 5.13 Å². The zero-order valence-corrected chi connectivity index (χ0v) is 12.3. The van der Waals surface area contributed by atoms with Crippen LogP contribution in [0.3, 0.4) is 0 Å². The van der Waals surface area contributed by atoms with Gasteiger partial charge in [0.1, 0.15) is 12.8 Å². The van der Waals surface area contributed by atoms with Crippen LogP contribution in [0.5, 0.6) is 0 Å². The average molecular weight is 300 g/mol. The number of thioether (sulfide) groups is 1. The summed E-state index contributed by atoms with van der Waals surface area (Å²) in [5.41, 5.74) is 6.30. The van der Waals surface area contributed by atoms with Crippen molar-refractivity contribution >= 4 is 39.8 Å². The lowest BCUT2D eigenvalue weighted by molar-refractivity contribution is -0.123. The number of rotatable bonds is 3. The molecule has 0 aliphatic carbocycles. The number of amides is 1. The van der Waals surface area contributed by atoms with Crippen LogP contribution in [0, 0.1) is 0 Å². The van der Waals surface area contributed by atoms with Gasteiger partial charge in [-0.1, -0.05) is 5.16 Å². The molecule has 0 bridgehead atoms. The Morgan fingerprint density at radius 1 is 1.53 bits per heavy atom. The zero-order valence-electron chi connectivity index (χ0n) is 10.7. The van der Waals surface area contributed by atoms with Crippen molar-refractivity contribution in [3.8, 4) is 0 Å². The lowest BCUT2D eigenvalue weighted by atomic mass is 10.2. The molecule has 1 aromatic heterocycles. The van der Waals surface area contributed by atoms with Crippen LogP contribution in [0.25, 0.3) is 0 Å². The zero-order chi connectivity index (χ0) is 13.7. The van der Waals surface area contributed by atoms with Crippen LogP contribution in [-0.2, 0) is 9.63 Å². The van der Waals surface area contributed by atoms with Gasteiger partial charge in [-0.25, -0.2) is 4.98 Å². The van der Waals surface area contributed by atoms with Crippen molar-refractivity contribution in [1.29, 1.82) is 0 Å². The van der Waals surface area contributed by atoms with Gasteiger partial charge in [0, 0.05) is 24.2 Å². The van der Waals surface area contributed by atoms with Gasteiger partial charge in [0.05, 0.1) is 0 Å². The fourth-order valence-electron chi connectivity index (χ4n) is 1.78. The molecule has 0 unspecified atom stereocenters. The second-order valence-corrected chi connectivity index (χ2v) is 6.07. The third kappa shape index (κ3) is 3.60. The number of anilines is 1. The maximum absolute atomic E-state index is 12.5. The van der Waals surface area contributed by atoms with Gasteiger partial charge >= 0.3 is 0 Å². The summed E-state index contributed by atoms with van der Waals surface area (Å²) in [6.07, 6.45) is 0.996. The van der Waals surface area contributed by atoms with Gasteiger partial charge in [-0.15, -0.1) is 11.3 Å². The van der Waals surface area contributed by atoms with E-state index in [-0.39, 0.29) is 11.6 Å². The molecule has 2 N–H and O–H groups in total. The minimum Gasteiger partial charge on any atom is -0.398 e. The molecule has 0 radical (unpaired) electrons. The van der Waals surface area contributed by atoms with Gasteiger partial charge in [-0.3, -0.25) is 4.79 Å². The van der Waals surface area contributed by atoms with Crippen molar-refractivity contribution in [3.05, 3.63) is 11.1 Å². The average Bonchev–Trinajstić information content (AvgIpc) is 2.68. The molecule has 0 spiro atoms. The quantitative estimate of drug-likeness (QED) is 0.666. The normalized spacial score (nSPS) is 17.1. The number of aromatic nitrogens is 1. The van der Waals surface area contributed by atoms with E-state index < -0.39 is 0 Å². The Kier molecular flexibility index (Phi) is 5.03. The van der Waals surface area contributed by atoms with E-state index in [1.165, 1.54) is 18.4 Å². The van der Waals surface area contributed by atoms with Crippen molar-refractivity contribution in [2.45, 2.75) is 6.42 Å². The number of oxime groups is 1. The van der Waals surface area contributed by atoms with Crippen LogP contribution in [-0.4, -0.2) is 53.2 Å². The van der Waals surface area contributed by atoms with Crippen molar-refractivity contribution in [2.24, 2.45) is 5.16 Å². The topological polar surface area (TPSA) is 80.8 Å². The molecule has 1 aromatic rings. The van der Waals surface area contributed by atoms with Crippen LogP contribution < -0.4 is 5.73 Å². The van der Waals surface area contributed by atoms with E-state index in [2.05, 4.69) is 10.1 Å². The first-order chi connectivity index (χ1) is 9.22. The van der Waals surface area contributed by atoms with E-state index in [4.69, 9.17) is 10.6 Å². The van der Waals surface area contributed by atoms with Gasteiger partial charge in [0.15, 0.2) is 10.8 Å². The number of hydrogen-bond donors (Lipinski definition) is 1. The molecule has 0 atom stereocenters. The second-order valence-electron chi connectivity index (χ2n) is 3.95. The Morgan fingerprint density at radius 2 is 2.37 bits per heavy atom. The first kappa shape index (κ1) is 14.1. The molecular weight excluding hydrogens is 284 g/mol.